The maximum atomic E-state index is 12.6. The molecular formula is C26H23N3O2. The Hall–Kier alpha value is -4.04. The minimum absolute atomic E-state index is 0.0634. The summed E-state index contributed by atoms with van der Waals surface area (Å²) in [4.78, 5) is 15.9. The van der Waals surface area contributed by atoms with E-state index in [2.05, 4.69) is 28.5 Å². The highest BCUT2D eigenvalue weighted by atomic mass is 16.5. The van der Waals surface area contributed by atoms with E-state index in [-0.39, 0.29) is 5.91 Å². The number of aryl methyl sites for hydroxylation is 2. The van der Waals surface area contributed by atoms with Gasteiger partial charge in [-0.1, -0.05) is 24.3 Å². The topological polar surface area (TPSA) is 77.9 Å². The van der Waals surface area contributed by atoms with Crippen LogP contribution in [0.15, 0.2) is 66.9 Å². The van der Waals surface area contributed by atoms with Crippen LogP contribution in [0.25, 0.3) is 10.9 Å². The number of hydrogen-bond acceptors (Lipinski definition) is 3. The molecule has 0 aliphatic carbocycles. The Bertz CT molecular complexity index is 1300. The molecule has 0 fully saturated rings. The van der Waals surface area contributed by atoms with Crippen LogP contribution in [0.5, 0.6) is 5.75 Å². The molecule has 5 nitrogen and oxygen atoms in total. The van der Waals surface area contributed by atoms with Crippen LogP contribution in [0.2, 0.25) is 0 Å². The van der Waals surface area contributed by atoms with Crippen molar-refractivity contribution in [3.63, 3.8) is 0 Å². The van der Waals surface area contributed by atoms with Gasteiger partial charge in [-0.2, -0.15) is 5.26 Å². The SMILES string of the molecule is Cc1ccc2c(CC(=O)Nc3ccc(OCc4cccc(C#N)c4)cc3C)c[nH]c2c1. The number of fused-ring (bicyclic) bond motifs is 1. The molecule has 0 spiro atoms. The van der Waals surface area contributed by atoms with Crippen molar-refractivity contribution in [1.29, 1.82) is 5.26 Å². The number of hydrogen-bond donors (Lipinski definition) is 2. The lowest BCUT2D eigenvalue weighted by molar-refractivity contribution is -0.115. The van der Waals surface area contributed by atoms with Crippen molar-refractivity contribution in [1.82, 2.24) is 4.98 Å². The molecule has 2 N–H and O–H groups in total. The molecule has 0 aliphatic heterocycles. The second-order valence-corrected chi connectivity index (χ2v) is 7.67. The number of carbonyl (C=O) groups is 1. The zero-order valence-corrected chi connectivity index (χ0v) is 17.5. The molecule has 0 aliphatic rings. The fourth-order valence-corrected chi connectivity index (χ4v) is 3.58. The number of H-pyrrole nitrogens is 1. The number of nitrogens with one attached hydrogen (secondary N) is 2. The number of aromatic amines is 1. The van der Waals surface area contributed by atoms with Crippen LogP contribution in [0.4, 0.5) is 5.69 Å². The lowest BCUT2D eigenvalue weighted by atomic mass is 10.1. The smallest absolute Gasteiger partial charge is 0.228 e. The van der Waals surface area contributed by atoms with Gasteiger partial charge in [-0.25, -0.2) is 0 Å². The Balaban J connectivity index is 1.39. The van der Waals surface area contributed by atoms with Gasteiger partial charge in [0.15, 0.2) is 0 Å². The van der Waals surface area contributed by atoms with Gasteiger partial charge in [-0.05, 0) is 72.5 Å². The summed E-state index contributed by atoms with van der Waals surface area (Å²) in [5.74, 6) is 0.649. The van der Waals surface area contributed by atoms with Crippen LogP contribution in [0.3, 0.4) is 0 Å². The summed E-state index contributed by atoms with van der Waals surface area (Å²) in [5.41, 5.74) is 6.43. The van der Waals surface area contributed by atoms with Gasteiger partial charge in [0, 0.05) is 22.8 Å². The number of benzene rings is 3. The van der Waals surface area contributed by atoms with Crippen molar-refractivity contribution >= 4 is 22.5 Å². The van der Waals surface area contributed by atoms with E-state index in [0.29, 0.717) is 24.3 Å². The van der Waals surface area contributed by atoms with Crippen LogP contribution < -0.4 is 10.1 Å². The number of nitriles is 1. The Labute approximate surface area is 181 Å². The van der Waals surface area contributed by atoms with Gasteiger partial charge in [-0.15, -0.1) is 0 Å². The number of anilines is 1. The molecule has 154 valence electrons. The molecule has 0 atom stereocenters. The zero-order chi connectivity index (χ0) is 21.8. The minimum atomic E-state index is -0.0634. The Morgan fingerprint density at radius 3 is 2.77 bits per heavy atom. The summed E-state index contributed by atoms with van der Waals surface area (Å²) in [6.07, 6.45) is 2.20. The highest BCUT2D eigenvalue weighted by molar-refractivity contribution is 5.96. The van der Waals surface area contributed by atoms with Gasteiger partial charge >= 0.3 is 0 Å². The third kappa shape index (κ3) is 4.76. The molecule has 0 bridgehead atoms. The summed E-state index contributed by atoms with van der Waals surface area (Å²) in [5, 5.41) is 13.1. The first-order valence-corrected chi connectivity index (χ1v) is 10.1. The van der Waals surface area contributed by atoms with Gasteiger partial charge in [0.2, 0.25) is 5.91 Å². The average Bonchev–Trinajstić information content (AvgIpc) is 3.15. The maximum absolute atomic E-state index is 12.6. The first kappa shape index (κ1) is 20.2. The Morgan fingerprint density at radius 1 is 1.10 bits per heavy atom. The second kappa shape index (κ2) is 8.76. The van der Waals surface area contributed by atoms with E-state index in [4.69, 9.17) is 10.00 Å². The van der Waals surface area contributed by atoms with Crippen LogP contribution in [0, 0.1) is 25.2 Å². The van der Waals surface area contributed by atoms with Crippen LogP contribution in [0.1, 0.15) is 27.8 Å². The van der Waals surface area contributed by atoms with Crippen LogP contribution in [-0.4, -0.2) is 10.9 Å². The van der Waals surface area contributed by atoms with Crippen LogP contribution >= 0.6 is 0 Å². The minimum Gasteiger partial charge on any atom is -0.489 e. The number of carbonyl (C=O) groups excluding carboxylic acids is 1. The average molecular weight is 409 g/mol. The quantitative estimate of drug-likeness (QED) is 0.446. The lowest BCUT2D eigenvalue weighted by Gasteiger charge is -2.12. The fraction of sp³-hybridized carbons (Fsp3) is 0.154. The number of ether oxygens (including phenoxy) is 1. The summed E-state index contributed by atoms with van der Waals surface area (Å²) in [6.45, 7) is 4.36. The predicted molar refractivity (Wildman–Crippen MR) is 122 cm³/mol. The van der Waals surface area contributed by atoms with E-state index in [1.807, 2.05) is 62.5 Å². The summed E-state index contributed by atoms with van der Waals surface area (Å²) in [6, 6.07) is 21.3. The van der Waals surface area contributed by atoms with E-state index in [0.717, 1.165) is 33.3 Å². The molecule has 31 heavy (non-hydrogen) atoms. The van der Waals surface area contributed by atoms with Crippen molar-refractivity contribution in [3.8, 4) is 11.8 Å². The highest BCUT2D eigenvalue weighted by Crippen LogP contribution is 2.24. The zero-order valence-electron chi connectivity index (χ0n) is 17.5. The standard InChI is InChI=1S/C26H23N3O2/c1-17-6-8-23-21(15-28-25(23)10-17)13-26(30)29-24-9-7-22(11-18(24)2)31-16-20-5-3-4-19(12-20)14-27/h3-12,15,28H,13,16H2,1-2H3,(H,29,30). The van der Waals surface area contributed by atoms with E-state index >= 15 is 0 Å². The fourth-order valence-electron chi connectivity index (χ4n) is 3.58. The third-order valence-electron chi connectivity index (χ3n) is 5.21. The molecular weight excluding hydrogens is 386 g/mol. The number of rotatable bonds is 6. The van der Waals surface area contributed by atoms with Crippen molar-refractivity contribution < 1.29 is 9.53 Å². The summed E-state index contributed by atoms with van der Waals surface area (Å²) < 4.78 is 5.85. The molecule has 0 saturated carbocycles. The number of nitrogens with zero attached hydrogens (tertiary/aromatic N) is 1. The molecule has 1 aromatic heterocycles. The van der Waals surface area contributed by atoms with Gasteiger partial charge in [0.1, 0.15) is 12.4 Å². The molecule has 4 rings (SSSR count). The van der Waals surface area contributed by atoms with Gasteiger partial charge in [-0.3, -0.25) is 4.79 Å². The predicted octanol–water partition coefficient (Wildman–Crippen LogP) is 5.42. The number of amides is 1. The first-order valence-electron chi connectivity index (χ1n) is 10.1. The molecule has 4 aromatic rings. The molecule has 5 heteroatoms. The molecule has 1 amide bonds. The van der Waals surface area contributed by atoms with Gasteiger partial charge < -0.3 is 15.0 Å². The lowest BCUT2D eigenvalue weighted by Crippen LogP contribution is -2.15. The summed E-state index contributed by atoms with van der Waals surface area (Å²) >= 11 is 0. The van der Waals surface area contributed by atoms with Crippen molar-refractivity contribution in [2.24, 2.45) is 0 Å². The summed E-state index contributed by atoms with van der Waals surface area (Å²) in [7, 11) is 0. The Kier molecular flexibility index (Phi) is 5.72. The monoisotopic (exact) mass is 409 g/mol. The normalized spacial score (nSPS) is 10.6. The third-order valence-corrected chi connectivity index (χ3v) is 5.21. The highest BCUT2D eigenvalue weighted by Gasteiger charge is 2.11. The van der Waals surface area contributed by atoms with Gasteiger partial charge in [0.05, 0.1) is 18.1 Å². The Morgan fingerprint density at radius 2 is 1.97 bits per heavy atom. The maximum Gasteiger partial charge on any atom is 0.228 e. The van der Waals surface area contributed by atoms with E-state index < -0.39 is 0 Å². The van der Waals surface area contributed by atoms with Crippen molar-refractivity contribution in [3.05, 3.63) is 94.7 Å². The molecule has 0 saturated heterocycles. The van der Waals surface area contributed by atoms with Gasteiger partial charge in [0.25, 0.3) is 0 Å². The first-order chi connectivity index (χ1) is 15.0. The molecule has 1 heterocycles. The molecule has 0 unspecified atom stereocenters. The van der Waals surface area contributed by atoms with Crippen molar-refractivity contribution in [2.75, 3.05) is 5.32 Å². The molecule has 3 aromatic carbocycles. The van der Waals surface area contributed by atoms with E-state index in [9.17, 15) is 4.79 Å². The van der Waals surface area contributed by atoms with Crippen molar-refractivity contribution in [2.45, 2.75) is 26.9 Å². The van der Waals surface area contributed by atoms with Crippen LogP contribution in [-0.2, 0) is 17.8 Å². The largest absolute Gasteiger partial charge is 0.489 e. The number of aromatic nitrogens is 1. The second-order valence-electron chi connectivity index (χ2n) is 7.67. The van der Waals surface area contributed by atoms with E-state index in [1.165, 1.54) is 5.56 Å². The molecule has 0 radical (unpaired) electrons. The van der Waals surface area contributed by atoms with E-state index in [1.54, 1.807) is 6.07 Å².